The number of aromatic nitrogens is 2. The molecule has 0 aliphatic carbocycles. The van der Waals surface area contributed by atoms with Gasteiger partial charge >= 0.3 is 0 Å². The lowest BCUT2D eigenvalue weighted by Crippen LogP contribution is -2.38. The van der Waals surface area contributed by atoms with Crippen LogP contribution in [0.2, 0.25) is 0 Å². The summed E-state index contributed by atoms with van der Waals surface area (Å²) < 4.78 is 1.77. The lowest BCUT2D eigenvalue weighted by molar-refractivity contribution is -0.134. The first-order valence-electron chi connectivity index (χ1n) is 11.3. The van der Waals surface area contributed by atoms with Crippen LogP contribution in [-0.2, 0) is 18.3 Å². The minimum Gasteiger partial charge on any atom is -0.341 e. The predicted molar refractivity (Wildman–Crippen MR) is 125 cm³/mol. The van der Waals surface area contributed by atoms with Crippen LogP contribution in [0.3, 0.4) is 0 Å². The maximum absolute atomic E-state index is 13.3. The van der Waals surface area contributed by atoms with Gasteiger partial charge in [-0.25, -0.2) is 4.98 Å². The number of rotatable bonds is 6. The SMILES string of the molecule is CCCN1CCN(C(=O)c2cn(C)cn2)C[C@H](Cc2ccc(-c3ccccc3)cc2)C1=O. The van der Waals surface area contributed by atoms with Crippen LogP contribution >= 0.6 is 0 Å². The summed E-state index contributed by atoms with van der Waals surface area (Å²) in [5, 5.41) is 0. The van der Waals surface area contributed by atoms with Crippen molar-refractivity contribution in [1.82, 2.24) is 19.4 Å². The first-order valence-corrected chi connectivity index (χ1v) is 11.3. The summed E-state index contributed by atoms with van der Waals surface area (Å²) in [6, 6.07) is 18.6. The Kier molecular flexibility index (Phi) is 6.69. The minimum atomic E-state index is -0.265. The van der Waals surface area contributed by atoms with Gasteiger partial charge in [0.05, 0.1) is 12.2 Å². The molecule has 6 nitrogen and oxygen atoms in total. The van der Waals surface area contributed by atoms with E-state index in [0.717, 1.165) is 17.5 Å². The van der Waals surface area contributed by atoms with Gasteiger partial charge in [0.25, 0.3) is 5.91 Å². The highest BCUT2D eigenvalue weighted by Crippen LogP contribution is 2.23. The van der Waals surface area contributed by atoms with Crippen molar-refractivity contribution in [2.24, 2.45) is 13.0 Å². The Bertz CT molecular complexity index is 1060. The third kappa shape index (κ3) is 4.90. The monoisotopic (exact) mass is 430 g/mol. The summed E-state index contributed by atoms with van der Waals surface area (Å²) in [6.45, 7) is 4.30. The number of amides is 2. The summed E-state index contributed by atoms with van der Waals surface area (Å²) in [7, 11) is 1.85. The van der Waals surface area contributed by atoms with Gasteiger partial charge in [-0.1, -0.05) is 61.5 Å². The van der Waals surface area contributed by atoms with Gasteiger partial charge in [-0.05, 0) is 29.5 Å². The van der Waals surface area contributed by atoms with Crippen molar-refractivity contribution in [3.63, 3.8) is 0 Å². The zero-order valence-corrected chi connectivity index (χ0v) is 18.8. The molecule has 2 amide bonds. The molecule has 0 saturated carbocycles. The average molecular weight is 431 g/mol. The van der Waals surface area contributed by atoms with Crippen LogP contribution in [0.4, 0.5) is 0 Å². The molecule has 1 aliphatic heterocycles. The molecule has 0 radical (unpaired) electrons. The summed E-state index contributed by atoms with van der Waals surface area (Å²) >= 11 is 0. The standard InChI is InChI=1S/C26H30N4O2/c1-3-13-29-14-15-30(26(32)24-18-28(2)19-27-24)17-23(25(29)31)16-20-9-11-22(12-10-20)21-7-5-4-6-8-21/h4-12,18-19,23H,3,13-17H2,1-2H3/t23-/m0/s1. The predicted octanol–water partition coefficient (Wildman–Crippen LogP) is 3.64. The molecule has 1 aliphatic rings. The van der Waals surface area contributed by atoms with Crippen molar-refractivity contribution in [2.75, 3.05) is 26.2 Å². The van der Waals surface area contributed by atoms with E-state index < -0.39 is 0 Å². The van der Waals surface area contributed by atoms with E-state index in [9.17, 15) is 9.59 Å². The molecule has 1 saturated heterocycles. The zero-order chi connectivity index (χ0) is 22.5. The average Bonchev–Trinajstić information content (AvgIpc) is 3.20. The van der Waals surface area contributed by atoms with E-state index in [2.05, 4.69) is 48.3 Å². The Morgan fingerprint density at radius 2 is 1.75 bits per heavy atom. The Balaban J connectivity index is 1.53. The van der Waals surface area contributed by atoms with Crippen LogP contribution in [0, 0.1) is 5.92 Å². The van der Waals surface area contributed by atoms with Crippen LogP contribution in [0.25, 0.3) is 11.1 Å². The second-order valence-corrected chi connectivity index (χ2v) is 8.46. The highest BCUT2D eigenvalue weighted by molar-refractivity contribution is 5.93. The molecule has 0 unspecified atom stereocenters. The van der Waals surface area contributed by atoms with Gasteiger partial charge in [0, 0.05) is 39.4 Å². The number of carbonyl (C=O) groups is 2. The Labute approximate surface area is 189 Å². The first-order chi connectivity index (χ1) is 15.5. The molecule has 2 aromatic carbocycles. The lowest BCUT2D eigenvalue weighted by atomic mass is 9.95. The molecule has 32 heavy (non-hydrogen) atoms. The molecule has 166 valence electrons. The molecule has 1 aromatic heterocycles. The highest BCUT2D eigenvalue weighted by Gasteiger charge is 2.32. The number of benzene rings is 2. The smallest absolute Gasteiger partial charge is 0.274 e. The first kappa shape index (κ1) is 21.8. The summed E-state index contributed by atoms with van der Waals surface area (Å²) in [4.78, 5) is 34.3. The summed E-state index contributed by atoms with van der Waals surface area (Å²) in [5.74, 6) is -0.240. The second-order valence-electron chi connectivity index (χ2n) is 8.46. The fourth-order valence-corrected chi connectivity index (χ4v) is 4.31. The highest BCUT2D eigenvalue weighted by atomic mass is 16.2. The van der Waals surface area contributed by atoms with Crippen molar-refractivity contribution in [1.29, 1.82) is 0 Å². The van der Waals surface area contributed by atoms with E-state index in [-0.39, 0.29) is 17.7 Å². The van der Waals surface area contributed by atoms with Gasteiger partial charge in [-0.2, -0.15) is 0 Å². The van der Waals surface area contributed by atoms with Crippen LogP contribution in [0.1, 0.15) is 29.4 Å². The Morgan fingerprint density at radius 1 is 1.03 bits per heavy atom. The van der Waals surface area contributed by atoms with Gasteiger partial charge in [-0.15, -0.1) is 0 Å². The Morgan fingerprint density at radius 3 is 2.41 bits per heavy atom. The Hall–Kier alpha value is -3.41. The molecule has 0 spiro atoms. The van der Waals surface area contributed by atoms with E-state index in [0.29, 0.717) is 38.3 Å². The largest absolute Gasteiger partial charge is 0.341 e. The van der Waals surface area contributed by atoms with Crippen LogP contribution in [-0.4, -0.2) is 57.3 Å². The van der Waals surface area contributed by atoms with E-state index in [4.69, 9.17) is 0 Å². The fourth-order valence-electron chi connectivity index (χ4n) is 4.31. The zero-order valence-electron chi connectivity index (χ0n) is 18.8. The van der Waals surface area contributed by atoms with Crippen LogP contribution in [0.5, 0.6) is 0 Å². The van der Waals surface area contributed by atoms with E-state index in [1.165, 1.54) is 5.56 Å². The number of hydrogen-bond donors (Lipinski definition) is 0. The van der Waals surface area contributed by atoms with E-state index in [1.807, 2.05) is 30.1 Å². The maximum atomic E-state index is 13.3. The van der Waals surface area contributed by atoms with E-state index in [1.54, 1.807) is 22.0 Å². The lowest BCUT2D eigenvalue weighted by Gasteiger charge is -2.23. The summed E-state index contributed by atoms with van der Waals surface area (Å²) in [5.41, 5.74) is 3.86. The minimum absolute atomic E-state index is 0.110. The third-order valence-corrected chi connectivity index (χ3v) is 5.99. The van der Waals surface area contributed by atoms with Crippen molar-refractivity contribution < 1.29 is 9.59 Å². The molecule has 0 bridgehead atoms. The van der Waals surface area contributed by atoms with Gasteiger partial charge in [-0.3, -0.25) is 9.59 Å². The molecule has 4 rings (SSSR count). The fraction of sp³-hybridized carbons (Fsp3) is 0.346. The molecule has 6 heteroatoms. The number of nitrogens with zero attached hydrogens (tertiary/aromatic N) is 4. The van der Waals surface area contributed by atoms with Gasteiger partial charge in [0.2, 0.25) is 5.91 Å². The van der Waals surface area contributed by atoms with Crippen molar-refractivity contribution in [3.05, 3.63) is 78.4 Å². The van der Waals surface area contributed by atoms with Crippen molar-refractivity contribution in [2.45, 2.75) is 19.8 Å². The third-order valence-electron chi connectivity index (χ3n) is 5.99. The normalized spacial score (nSPS) is 16.8. The van der Waals surface area contributed by atoms with Gasteiger partial charge in [0.1, 0.15) is 5.69 Å². The number of aryl methyl sites for hydroxylation is 1. The number of imidazole rings is 1. The van der Waals surface area contributed by atoms with Crippen LogP contribution < -0.4 is 0 Å². The second kappa shape index (κ2) is 9.81. The summed E-state index contributed by atoms with van der Waals surface area (Å²) in [6.07, 6.45) is 4.88. The van der Waals surface area contributed by atoms with Gasteiger partial charge < -0.3 is 14.4 Å². The maximum Gasteiger partial charge on any atom is 0.274 e. The molecule has 0 N–H and O–H groups in total. The van der Waals surface area contributed by atoms with Crippen molar-refractivity contribution >= 4 is 11.8 Å². The molecule has 2 heterocycles. The van der Waals surface area contributed by atoms with Crippen molar-refractivity contribution in [3.8, 4) is 11.1 Å². The molecule has 1 atom stereocenters. The molecule has 3 aromatic rings. The molecular weight excluding hydrogens is 400 g/mol. The topological polar surface area (TPSA) is 58.4 Å². The quantitative estimate of drug-likeness (QED) is 0.600. The molecular formula is C26H30N4O2. The number of hydrogen-bond acceptors (Lipinski definition) is 3. The van der Waals surface area contributed by atoms with E-state index >= 15 is 0 Å². The molecule has 1 fully saturated rings. The van der Waals surface area contributed by atoms with Gasteiger partial charge in [0.15, 0.2) is 0 Å². The number of carbonyl (C=O) groups excluding carboxylic acids is 2. The van der Waals surface area contributed by atoms with Crippen LogP contribution in [0.15, 0.2) is 67.1 Å².